The van der Waals surface area contributed by atoms with Crippen LogP contribution in [0.1, 0.15) is 33.1 Å². The van der Waals surface area contributed by atoms with Gasteiger partial charge in [-0.3, -0.25) is 0 Å². The molecule has 1 fully saturated rings. The van der Waals surface area contributed by atoms with Crippen LogP contribution in [0.4, 0.5) is 5.69 Å². The number of halogens is 1. The summed E-state index contributed by atoms with van der Waals surface area (Å²) in [5.41, 5.74) is 1.17. The molecule has 0 bridgehead atoms. The molecule has 0 atom stereocenters. The van der Waals surface area contributed by atoms with Crippen molar-refractivity contribution < 1.29 is 4.74 Å². The van der Waals surface area contributed by atoms with E-state index in [1.165, 1.54) is 24.9 Å². The Balaban J connectivity index is 2.03. The Morgan fingerprint density at radius 2 is 2.12 bits per heavy atom. The van der Waals surface area contributed by atoms with Crippen molar-refractivity contribution in [2.75, 3.05) is 5.32 Å². The second-order valence-corrected chi connectivity index (χ2v) is 5.44. The number of anilines is 1. The van der Waals surface area contributed by atoms with E-state index < -0.39 is 0 Å². The summed E-state index contributed by atoms with van der Waals surface area (Å²) in [5, 5.41) is 3.51. The molecule has 88 valence electrons. The van der Waals surface area contributed by atoms with Gasteiger partial charge in [-0.1, -0.05) is 0 Å². The molecule has 1 aliphatic rings. The first kappa shape index (κ1) is 11.8. The average molecular weight is 284 g/mol. The Hall–Kier alpha value is -0.700. The van der Waals surface area contributed by atoms with Crippen LogP contribution in [-0.2, 0) is 0 Å². The summed E-state index contributed by atoms with van der Waals surface area (Å²) < 4.78 is 6.69. The summed E-state index contributed by atoms with van der Waals surface area (Å²) >= 11 is 3.54. The van der Waals surface area contributed by atoms with Crippen molar-refractivity contribution in [3.05, 3.63) is 22.7 Å². The molecule has 0 amide bonds. The van der Waals surface area contributed by atoms with Gasteiger partial charge >= 0.3 is 0 Å². The van der Waals surface area contributed by atoms with Gasteiger partial charge in [0, 0.05) is 11.7 Å². The zero-order valence-electron chi connectivity index (χ0n) is 9.79. The molecule has 1 aliphatic carbocycles. The maximum absolute atomic E-state index is 5.67. The third-order valence-corrected chi connectivity index (χ3v) is 3.39. The van der Waals surface area contributed by atoms with E-state index >= 15 is 0 Å². The van der Waals surface area contributed by atoms with Gasteiger partial charge in [-0.05, 0) is 67.2 Å². The summed E-state index contributed by atoms with van der Waals surface area (Å²) in [7, 11) is 0. The first-order valence-corrected chi connectivity index (χ1v) is 6.67. The number of hydrogen-bond acceptors (Lipinski definition) is 2. The molecular weight excluding hydrogens is 266 g/mol. The van der Waals surface area contributed by atoms with E-state index in [2.05, 4.69) is 33.4 Å². The molecular formula is C13H18BrNO. The Bertz CT molecular complexity index is 361. The van der Waals surface area contributed by atoms with E-state index in [0.29, 0.717) is 6.04 Å². The van der Waals surface area contributed by atoms with Gasteiger partial charge in [-0.25, -0.2) is 0 Å². The monoisotopic (exact) mass is 283 g/mol. The van der Waals surface area contributed by atoms with E-state index in [0.717, 1.165) is 10.2 Å². The number of ether oxygens (including phenoxy) is 1. The summed E-state index contributed by atoms with van der Waals surface area (Å²) in [4.78, 5) is 0. The zero-order valence-corrected chi connectivity index (χ0v) is 11.4. The van der Waals surface area contributed by atoms with Gasteiger partial charge in [0.15, 0.2) is 0 Å². The molecule has 1 aromatic rings. The maximum atomic E-state index is 5.67. The fraction of sp³-hybridized carbons (Fsp3) is 0.538. The fourth-order valence-electron chi connectivity index (χ4n) is 1.73. The largest absolute Gasteiger partial charge is 0.490 e. The van der Waals surface area contributed by atoms with Crippen molar-refractivity contribution in [1.82, 2.24) is 0 Å². The molecule has 2 rings (SSSR count). The summed E-state index contributed by atoms with van der Waals surface area (Å²) in [6.45, 7) is 4.07. The molecule has 0 aromatic heterocycles. The molecule has 0 saturated heterocycles. The molecule has 0 spiro atoms. The second kappa shape index (κ2) is 5.09. The first-order valence-electron chi connectivity index (χ1n) is 5.88. The lowest BCUT2D eigenvalue weighted by atomic mass is 9.93. The SMILES string of the molecule is CC(C)Oc1ccc(NC2CCC2)cc1Br. The quantitative estimate of drug-likeness (QED) is 0.894. The third kappa shape index (κ3) is 2.91. The Morgan fingerprint density at radius 1 is 1.38 bits per heavy atom. The first-order chi connectivity index (χ1) is 7.65. The Labute approximate surface area is 106 Å². The van der Waals surface area contributed by atoms with Crippen LogP contribution < -0.4 is 10.1 Å². The van der Waals surface area contributed by atoms with Gasteiger partial charge < -0.3 is 10.1 Å². The Kier molecular flexibility index (Phi) is 3.74. The minimum Gasteiger partial charge on any atom is -0.490 e. The normalized spacial score (nSPS) is 16.0. The van der Waals surface area contributed by atoms with Gasteiger partial charge in [0.25, 0.3) is 0 Å². The summed E-state index contributed by atoms with van der Waals surface area (Å²) in [6, 6.07) is 6.87. The number of rotatable bonds is 4. The van der Waals surface area contributed by atoms with Crippen LogP contribution in [0.5, 0.6) is 5.75 Å². The highest BCUT2D eigenvalue weighted by Gasteiger charge is 2.17. The van der Waals surface area contributed by atoms with Crippen molar-refractivity contribution in [2.24, 2.45) is 0 Å². The standard InChI is InChI=1S/C13H18BrNO/c1-9(2)16-13-7-6-11(8-12(13)14)15-10-4-3-5-10/h6-10,15H,3-5H2,1-2H3. The lowest BCUT2D eigenvalue weighted by Gasteiger charge is -2.27. The van der Waals surface area contributed by atoms with E-state index in [-0.39, 0.29) is 6.10 Å². The molecule has 1 N–H and O–H groups in total. The van der Waals surface area contributed by atoms with E-state index in [9.17, 15) is 0 Å². The molecule has 16 heavy (non-hydrogen) atoms. The van der Waals surface area contributed by atoms with Crippen LogP contribution in [0.25, 0.3) is 0 Å². The smallest absolute Gasteiger partial charge is 0.134 e. The lowest BCUT2D eigenvalue weighted by molar-refractivity contribution is 0.241. The molecule has 0 heterocycles. The highest BCUT2D eigenvalue weighted by Crippen LogP contribution is 2.31. The highest BCUT2D eigenvalue weighted by molar-refractivity contribution is 9.10. The number of hydrogen-bond donors (Lipinski definition) is 1. The molecule has 2 nitrogen and oxygen atoms in total. The lowest BCUT2D eigenvalue weighted by Crippen LogP contribution is -2.26. The predicted octanol–water partition coefficient (Wildman–Crippen LogP) is 4.20. The molecule has 0 radical (unpaired) electrons. The van der Waals surface area contributed by atoms with Crippen LogP contribution in [-0.4, -0.2) is 12.1 Å². The highest BCUT2D eigenvalue weighted by atomic mass is 79.9. The van der Waals surface area contributed by atoms with Crippen molar-refractivity contribution in [3.8, 4) is 5.75 Å². The molecule has 1 aromatic carbocycles. The van der Waals surface area contributed by atoms with Crippen LogP contribution in [0.15, 0.2) is 22.7 Å². The second-order valence-electron chi connectivity index (χ2n) is 4.58. The fourth-order valence-corrected chi connectivity index (χ4v) is 2.20. The van der Waals surface area contributed by atoms with Crippen LogP contribution in [0.3, 0.4) is 0 Å². The van der Waals surface area contributed by atoms with Gasteiger partial charge in [-0.15, -0.1) is 0 Å². The zero-order chi connectivity index (χ0) is 11.5. The maximum Gasteiger partial charge on any atom is 0.134 e. The summed E-state index contributed by atoms with van der Waals surface area (Å²) in [6.07, 6.45) is 4.15. The number of nitrogens with one attached hydrogen (secondary N) is 1. The summed E-state index contributed by atoms with van der Waals surface area (Å²) in [5.74, 6) is 0.911. The molecule has 3 heteroatoms. The van der Waals surface area contributed by atoms with Crippen molar-refractivity contribution in [3.63, 3.8) is 0 Å². The molecule has 0 aliphatic heterocycles. The van der Waals surface area contributed by atoms with Crippen LogP contribution in [0, 0.1) is 0 Å². The third-order valence-electron chi connectivity index (χ3n) is 2.77. The average Bonchev–Trinajstić information content (AvgIpc) is 2.15. The van der Waals surface area contributed by atoms with Gasteiger partial charge in [0.1, 0.15) is 5.75 Å². The molecule has 1 saturated carbocycles. The Morgan fingerprint density at radius 3 is 2.62 bits per heavy atom. The number of benzene rings is 1. The van der Waals surface area contributed by atoms with Gasteiger partial charge in [0.05, 0.1) is 10.6 Å². The molecule has 0 unspecified atom stereocenters. The van der Waals surface area contributed by atoms with Crippen LogP contribution in [0.2, 0.25) is 0 Å². The van der Waals surface area contributed by atoms with Crippen molar-refractivity contribution >= 4 is 21.6 Å². The minimum absolute atomic E-state index is 0.210. The van der Waals surface area contributed by atoms with E-state index in [1.807, 2.05) is 19.9 Å². The van der Waals surface area contributed by atoms with Gasteiger partial charge in [0.2, 0.25) is 0 Å². The van der Waals surface area contributed by atoms with Crippen LogP contribution >= 0.6 is 15.9 Å². The van der Waals surface area contributed by atoms with Gasteiger partial charge in [-0.2, -0.15) is 0 Å². The van der Waals surface area contributed by atoms with Crippen molar-refractivity contribution in [2.45, 2.75) is 45.3 Å². The topological polar surface area (TPSA) is 21.3 Å². The predicted molar refractivity (Wildman–Crippen MR) is 71.2 cm³/mol. The van der Waals surface area contributed by atoms with E-state index in [1.54, 1.807) is 0 Å². The van der Waals surface area contributed by atoms with E-state index in [4.69, 9.17) is 4.74 Å². The minimum atomic E-state index is 0.210. The van der Waals surface area contributed by atoms with Crippen molar-refractivity contribution in [1.29, 1.82) is 0 Å².